The second-order valence-electron chi connectivity index (χ2n) is 3.77. The minimum Gasteiger partial charge on any atom is -0.461 e. The Bertz CT molecular complexity index is 623. The van der Waals surface area contributed by atoms with Crippen molar-refractivity contribution in [3.63, 3.8) is 0 Å². The maximum atomic E-state index is 11.6. The van der Waals surface area contributed by atoms with Crippen LogP contribution in [0.25, 0.3) is 11.6 Å². The molecule has 5 N–H and O–H groups in total. The summed E-state index contributed by atoms with van der Waals surface area (Å²) < 4.78 is 6.37. The number of urea groups is 1. The zero-order chi connectivity index (χ0) is 14.7. The lowest BCUT2D eigenvalue weighted by molar-refractivity contribution is -0.119. The van der Waals surface area contributed by atoms with E-state index in [-0.39, 0.29) is 0 Å². The van der Waals surface area contributed by atoms with E-state index in [1.807, 2.05) is 5.32 Å². The standard InChI is InChI=1S/C10H12N6O3S/c1-5(8(17)13-9(11)18)20-10-15-14-7(16(10)12)6-3-2-4-19-6/h2-5H,12H2,1H3,(H3,11,13,17,18)/t5-/m1/s1. The van der Waals surface area contributed by atoms with Gasteiger partial charge in [0.15, 0.2) is 5.76 Å². The molecule has 2 rings (SSSR count). The fourth-order valence-electron chi connectivity index (χ4n) is 1.37. The Morgan fingerprint density at radius 2 is 2.25 bits per heavy atom. The maximum absolute atomic E-state index is 11.6. The Labute approximate surface area is 117 Å². The molecule has 0 radical (unpaired) electrons. The first-order valence-electron chi connectivity index (χ1n) is 5.50. The van der Waals surface area contributed by atoms with E-state index in [2.05, 4.69) is 10.2 Å². The highest BCUT2D eigenvalue weighted by atomic mass is 32.2. The lowest BCUT2D eigenvalue weighted by atomic mass is 10.4. The maximum Gasteiger partial charge on any atom is 0.318 e. The summed E-state index contributed by atoms with van der Waals surface area (Å²) >= 11 is 1.04. The molecule has 0 aliphatic heterocycles. The molecule has 0 spiro atoms. The lowest BCUT2D eigenvalue weighted by Gasteiger charge is -2.08. The van der Waals surface area contributed by atoms with Gasteiger partial charge in [-0.2, -0.15) is 0 Å². The number of thioether (sulfide) groups is 1. The van der Waals surface area contributed by atoms with Gasteiger partial charge in [0, 0.05) is 0 Å². The van der Waals surface area contributed by atoms with Gasteiger partial charge >= 0.3 is 6.03 Å². The number of imide groups is 1. The summed E-state index contributed by atoms with van der Waals surface area (Å²) in [5.74, 6) is 6.09. The molecule has 10 heteroatoms. The Kier molecular flexibility index (Phi) is 3.94. The lowest BCUT2D eigenvalue weighted by Crippen LogP contribution is -2.39. The number of carbonyl (C=O) groups excluding carboxylic acids is 2. The van der Waals surface area contributed by atoms with Crippen LogP contribution in [-0.2, 0) is 4.79 Å². The van der Waals surface area contributed by atoms with Crippen LogP contribution in [0.3, 0.4) is 0 Å². The van der Waals surface area contributed by atoms with Gasteiger partial charge in [0.05, 0.1) is 11.5 Å². The Morgan fingerprint density at radius 3 is 2.85 bits per heavy atom. The van der Waals surface area contributed by atoms with Crippen molar-refractivity contribution in [2.75, 3.05) is 5.84 Å². The number of nitrogens with two attached hydrogens (primary N) is 2. The molecule has 0 aromatic carbocycles. The fourth-order valence-corrected chi connectivity index (χ4v) is 2.14. The van der Waals surface area contributed by atoms with Crippen LogP contribution in [0.15, 0.2) is 28.0 Å². The quantitative estimate of drug-likeness (QED) is 0.529. The molecule has 2 heterocycles. The van der Waals surface area contributed by atoms with E-state index in [9.17, 15) is 9.59 Å². The molecule has 9 nitrogen and oxygen atoms in total. The van der Waals surface area contributed by atoms with Gasteiger partial charge in [-0.05, 0) is 19.1 Å². The largest absolute Gasteiger partial charge is 0.461 e. The van der Waals surface area contributed by atoms with E-state index in [1.54, 1.807) is 19.1 Å². The zero-order valence-electron chi connectivity index (χ0n) is 10.4. The van der Waals surface area contributed by atoms with Crippen LogP contribution in [0.1, 0.15) is 6.92 Å². The van der Waals surface area contributed by atoms with Crippen molar-refractivity contribution in [1.82, 2.24) is 20.2 Å². The topological polar surface area (TPSA) is 142 Å². The van der Waals surface area contributed by atoms with Crippen molar-refractivity contribution >= 4 is 23.7 Å². The predicted molar refractivity (Wildman–Crippen MR) is 70.9 cm³/mol. The molecule has 0 saturated heterocycles. The molecule has 2 aromatic heterocycles. The normalized spacial score (nSPS) is 12.1. The molecule has 0 unspecified atom stereocenters. The molecule has 0 fully saturated rings. The number of amides is 3. The summed E-state index contributed by atoms with van der Waals surface area (Å²) in [6.07, 6.45) is 1.49. The number of hydrogen-bond acceptors (Lipinski definition) is 7. The van der Waals surface area contributed by atoms with Crippen molar-refractivity contribution in [3.05, 3.63) is 18.4 Å². The van der Waals surface area contributed by atoms with E-state index < -0.39 is 17.2 Å². The van der Waals surface area contributed by atoms with Crippen LogP contribution in [0.2, 0.25) is 0 Å². The molecule has 0 aliphatic carbocycles. The SMILES string of the molecule is C[C@@H](Sc1nnc(-c2ccco2)n1N)C(=O)NC(N)=O. The molecule has 0 aliphatic rings. The van der Waals surface area contributed by atoms with Crippen molar-refractivity contribution < 1.29 is 14.0 Å². The smallest absolute Gasteiger partial charge is 0.318 e. The molecule has 3 amide bonds. The molecular weight excluding hydrogens is 284 g/mol. The van der Waals surface area contributed by atoms with Gasteiger partial charge in [-0.3, -0.25) is 10.1 Å². The summed E-state index contributed by atoms with van der Waals surface area (Å²) in [6.45, 7) is 1.59. The highest BCUT2D eigenvalue weighted by Crippen LogP contribution is 2.24. The van der Waals surface area contributed by atoms with Gasteiger partial charge in [-0.25, -0.2) is 9.47 Å². The summed E-state index contributed by atoms with van der Waals surface area (Å²) in [6, 6.07) is 2.47. The average Bonchev–Trinajstić information content (AvgIpc) is 2.99. The van der Waals surface area contributed by atoms with Gasteiger partial charge in [0.25, 0.3) is 0 Å². The average molecular weight is 296 g/mol. The highest BCUT2D eigenvalue weighted by molar-refractivity contribution is 8.00. The molecule has 1 atom stereocenters. The van der Waals surface area contributed by atoms with E-state index in [0.717, 1.165) is 11.8 Å². The summed E-state index contributed by atoms with van der Waals surface area (Å²) in [7, 11) is 0. The minimum absolute atomic E-state index is 0.309. The Morgan fingerprint density at radius 1 is 1.50 bits per heavy atom. The van der Waals surface area contributed by atoms with Crippen LogP contribution in [0.5, 0.6) is 0 Å². The van der Waals surface area contributed by atoms with E-state index in [4.69, 9.17) is 16.0 Å². The van der Waals surface area contributed by atoms with Gasteiger partial charge in [0.1, 0.15) is 0 Å². The third-order valence-electron chi connectivity index (χ3n) is 2.30. The zero-order valence-corrected chi connectivity index (χ0v) is 11.3. The second kappa shape index (κ2) is 5.65. The van der Waals surface area contributed by atoms with Gasteiger partial charge in [0.2, 0.25) is 16.9 Å². The van der Waals surface area contributed by atoms with Gasteiger partial charge in [-0.15, -0.1) is 10.2 Å². The van der Waals surface area contributed by atoms with Crippen molar-refractivity contribution in [1.29, 1.82) is 0 Å². The number of carbonyl (C=O) groups is 2. The summed E-state index contributed by atoms with van der Waals surface area (Å²) in [5.41, 5.74) is 4.87. The highest BCUT2D eigenvalue weighted by Gasteiger charge is 2.21. The number of nitrogen functional groups attached to an aromatic ring is 1. The Balaban J connectivity index is 2.11. The second-order valence-corrected chi connectivity index (χ2v) is 5.08. The van der Waals surface area contributed by atoms with Crippen LogP contribution in [0, 0.1) is 0 Å². The van der Waals surface area contributed by atoms with Gasteiger partial charge in [-0.1, -0.05) is 11.8 Å². The first kappa shape index (κ1) is 13.9. The fraction of sp³-hybridized carbons (Fsp3) is 0.200. The third-order valence-corrected chi connectivity index (χ3v) is 3.36. The monoisotopic (exact) mass is 296 g/mol. The number of aromatic nitrogens is 3. The predicted octanol–water partition coefficient (Wildman–Crippen LogP) is -0.0726. The first-order chi connectivity index (χ1) is 9.49. The van der Waals surface area contributed by atoms with E-state index in [0.29, 0.717) is 16.7 Å². The van der Waals surface area contributed by atoms with Crippen LogP contribution < -0.4 is 16.9 Å². The number of furan rings is 1. The van der Waals surface area contributed by atoms with Crippen molar-refractivity contribution in [2.45, 2.75) is 17.3 Å². The first-order valence-corrected chi connectivity index (χ1v) is 6.38. The Hall–Kier alpha value is -2.49. The molecule has 20 heavy (non-hydrogen) atoms. The van der Waals surface area contributed by atoms with E-state index >= 15 is 0 Å². The number of primary amides is 1. The summed E-state index contributed by atoms with van der Waals surface area (Å²) in [5, 5.41) is 9.42. The molecule has 0 bridgehead atoms. The van der Waals surface area contributed by atoms with Crippen molar-refractivity contribution in [3.8, 4) is 11.6 Å². The van der Waals surface area contributed by atoms with Gasteiger partial charge < -0.3 is 16.0 Å². The summed E-state index contributed by atoms with van der Waals surface area (Å²) in [4.78, 5) is 22.2. The number of nitrogens with zero attached hydrogens (tertiary/aromatic N) is 3. The minimum atomic E-state index is -0.909. The van der Waals surface area contributed by atoms with Crippen LogP contribution >= 0.6 is 11.8 Å². The number of hydrogen-bond donors (Lipinski definition) is 3. The number of nitrogens with one attached hydrogen (secondary N) is 1. The molecule has 106 valence electrons. The number of rotatable bonds is 4. The molecule has 0 saturated carbocycles. The van der Waals surface area contributed by atoms with Crippen molar-refractivity contribution in [2.24, 2.45) is 5.73 Å². The van der Waals surface area contributed by atoms with Crippen LogP contribution in [0.4, 0.5) is 4.79 Å². The van der Waals surface area contributed by atoms with Crippen LogP contribution in [-0.4, -0.2) is 32.1 Å². The molecular formula is C10H12N6O3S. The van der Waals surface area contributed by atoms with E-state index in [1.165, 1.54) is 10.9 Å². The third kappa shape index (κ3) is 2.91. The molecule has 2 aromatic rings.